The quantitative estimate of drug-likeness (QED) is 0.884. The zero-order chi connectivity index (χ0) is 14.0. The van der Waals surface area contributed by atoms with E-state index in [0.29, 0.717) is 0 Å². The summed E-state index contributed by atoms with van der Waals surface area (Å²) in [5.41, 5.74) is 9.10. The van der Waals surface area contributed by atoms with Crippen LogP contribution in [0.2, 0.25) is 5.02 Å². The Labute approximate surface area is 126 Å². The van der Waals surface area contributed by atoms with E-state index in [0.717, 1.165) is 43.1 Å². The van der Waals surface area contributed by atoms with Crippen LogP contribution in [-0.4, -0.2) is 12.1 Å². The van der Waals surface area contributed by atoms with Gasteiger partial charge in [0.05, 0.1) is 6.61 Å². The van der Waals surface area contributed by atoms with E-state index < -0.39 is 0 Å². The van der Waals surface area contributed by atoms with Crippen LogP contribution in [0.25, 0.3) is 0 Å². The van der Waals surface area contributed by atoms with Crippen molar-refractivity contribution >= 4 is 11.6 Å². The van der Waals surface area contributed by atoms with E-state index >= 15 is 0 Å². The average Bonchev–Trinajstić information content (AvgIpc) is 2.83. The summed E-state index contributed by atoms with van der Waals surface area (Å²) in [6.45, 7) is 0.778. The van der Waals surface area contributed by atoms with Gasteiger partial charge in [0.2, 0.25) is 0 Å². The number of fused-ring (bicyclic) bond motifs is 1. The zero-order valence-corrected chi connectivity index (χ0v) is 12.8. The van der Waals surface area contributed by atoms with Crippen LogP contribution >= 0.6 is 11.6 Å². The second-order valence-electron chi connectivity index (χ2n) is 6.46. The number of rotatable bonds is 2. The maximum atomic E-state index is 6.71. The Bertz CT molecular complexity index is 478. The van der Waals surface area contributed by atoms with Gasteiger partial charge in [0.25, 0.3) is 0 Å². The number of benzene rings is 1. The molecule has 1 aliphatic carbocycles. The van der Waals surface area contributed by atoms with Gasteiger partial charge in [-0.3, -0.25) is 0 Å². The monoisotopic (exact) mass is 293 g/mol. The minimum atomic E-state index is -0.0785. The average molecular weight is 294 g/mol. The summed E-state index contributed by atoms with van der Waals surface area (Å²) in [6.07, 6.45) is 10.6. The van der Waals surface area contributed by atoms with Crippen LogP contribution in [0.15, 0.2) is 12.1 Å². The molecule has 2 N–H and O–H groups in total. The van der Waals surface area contributed by atoms with Gasteiger partial charge in [-0.1, -0.05) is 43.7 Å². The number of halogens is 1. The second-order valence-corrected chi connectivity index (χ2v) is 6.89. The maximum absolute atomic E-state index is 6.71. The van der Waals surface area contributed by atoms with Crippen molar-refractivity contribution < 1.29 is 4.74 Å². The van der Waals surface area contributed by atoms with E-state index in [-0.39, 0.29) is 5.54 Å². The third kappa shape index (κ3) is 3.12. The highest BCUT2D eigenvalue weighted by Gasteiger charge is 2.29. The molecule has 0 spiro atoms. The molecule has 3 heteroatoms. The molecule has 1 aliphatic heterocycles. The fourth-order valence-electron chi connectivity index (χ4n) is 3.64. The molecule has 0 saturated heterocycles. The summed E-state index contributed by atoms with van der Waals surface area (Å²) in [7, 11) is 0. The van der Waals surface area contributed by atoms with Crippen LogP contribution in [-0.2, 0) is 12.8 Å². The molecule has 1 fully saturated rings. The van der Waals surface area contributed by atoms with Gasteiger partial charge in [-0.15, -0.1) is 0 Å². The van der Waals surface area contributed by atoms with E-state index in [4.69, 9.17) is 22.1 Å². The molecule has 1 heterocycles. The summed E-state index contributed by atoms with van der Waals surface area (Å²) < 4.78 is 5.81. The van der Waals surface area contributed by atoms with Gasteiger partial charge in [-0.2, -0.15) is 0 Å². The summed E-state index contributed by atoms with van der Waals surface area (Å²) >= 11 is 6.25. The first kappa shape index (κ1) is 14.2. The van der Waals surface area contributed by atoms with E-state index in [9.17, 15) is 0 Å². The lowest BCUT2D eigenvalue weighted by molar-refractivity contribution is 0.306. The van der Waals surface area contributed by atoms with Crippen molar-refractivity contribution in [3.63, 3.8) is 0 Å². The highest BCUT2D eigenvalue weighted by atomic mass is 35.5. The van der Waals surface area contributed by atoms with Crippen molar-refractivity contribution in [2.45, 2.75) is 63.3 Å². The molecule has 2 aliphatic rings. The van der Waals surface area contributed by atoms with Crippen LogP contribution < -0.4 is 10.5 Å². The first-order valence-electron chi connectivity index (χ1n) is 7.89. The molecule has 0 aromatic heterocycles. The summed E-state index contributed by atoms with van der Waals surface area (Å²) in [4.78, 5) is 0. The highest BCUT2D eigenvalue weighted by molar-refractivity contribution is 6.30. The molecule has 0 bridgehead atoms. The van der Waals surface area contributed by atoms with Gasteiger partial charge in [0, 0.05) is 17.0 Å². The van der Waals surface area contributed by atoms with Gasteiger partial charge in [-0.05, 0) is 42.5 Å². The minimum Gasteiger partial charge on any atom is -0.493 e. The van der Waals surface area contributed by atoms with Gasteiger partial charge < -0.3 is 10.5 Å². The van der Waals surface area contributed by atoms with Crippen molar-refractivity contribution in [3.8, 4) is 5.75 Å². The molecule has 1 aromatic carbocycles. The molecule has 1 aromatic rings. The molecule has 0 radical (unpaired) electrons. The molecule has 0 atom stereocenters. The number of nitrogens with two attached hydrogens (primary N) is 1. The summed E-state index contributed by atoms with van der Waals surface area (Å²) in [5.74, 6) is 1.06. The third-order valence-electron chi connectivity index (χ3n) is 4.72. The van der Waals surface area contributed by atoms with Gasteiger partial charge in [0.15, 0.2) is 0 Å². The standard InChI is InChI=1S/C17H24ClNO/c18-15-10-13-6-9-20-16(13)14(11-15)12-17(19)7-4-2-1-3-5-8-17/h10-11H,1-9,12,19H2. The van der Waals surface area contributed by atoms with Crippen LogP contribution in [0.4, 0.5) is 0 Å². The molecule has 0 unspecified atom stereocenters. The molecular formula is C17H24ClNO. The van der Waals surface area contributed by atoms with E-state index in [1.807, 2.05) is 6.07 Å². The first-order valence-corrected chi connectivity index (χ1v) is 8.27. The molecule has 2 nitrogen and oxygen atoms in total. The van der Waals surface area contributed by atoms with E-state index in [1.165, 1.54) is 43.2 Å². The fraction of sp³-hybridized carbons (Fsp3) is 0.647. The van der Waals surface area contributed by atoms with E-state index in [1.54, 1.807) is 0 Å². The van der Waals surface area contributed by atoms with Gasteiger partial charge in [-0.25, -0.2) is 0 Å². The van der Waals surface area contributed by atoms with Gasteiger partial charge >= 0.3 is 0 Å². The number of hydrogen-bond acceptors (Lipinski definition) is 2. The van der Waals surface area contributed by atoms with Crippen LogP contribution in [0.1, 0.15) is 56.1 Å². The zero-order valence-electron chi connectivity index (χ0n) is 12.1. The predicted octanol–water partition coefficient (Wildman–Crippen LogP) is 4.26. The normalized spacial score (nSPS) is 21.7. The van der Waals surface area contributed by atoms with Crippen LogP contribution in [0.3, 0.4) is 0 Å². The minimum absolute atomic E-state index is 0.0785. The molecule has 1 saturated carbocycles. The fourth-order valence-corrected chi connectivity index (χ4v) is 3.91. The molecule has 110 valence electrons. The molecule has 0 amide bonds. The van der Waals surface area contributed by atoms with Crippen molar-refractivity contribution in [1.82, 2.24) is 0 Å². The van der Waals surface area contributed by atoms with Crippen molar-refractivity contribution in [2.75, 3.05) is 6.61 Å². The van der Waals surface area contributed by atoms with E-state index in [2.05, 4.69) is 6.07 Å². The summed E-state index contributed by atoms with van der Waals surface area (Å²) in [5, 5.41) is 0.818. The highest BCUT2D eigenvalue weighted by Crippen LogP contribution is 2.37. The van der Waals surface area contributed by atoms with Crippen molar-refractivity contribution in [2.24, 2.45) is 5.73 Å². The SMILES string of the molecule is NC1(Cc2cc(Cl)cc3c2OCC3)CCCCCCC1. The number of hydrogen-bond donors (Lipinski definition) is 1. The summed E-state index contributed by atoms with van der Waals surface area (Å²) in [6, 6.07) is 4.09. The van der Waals surface area contributed by atoms with Gasteiger partial charge in [0.1, 0.15) is 5.75 Å². The lowest BCUT2D eigenvalue weighted by Gasteiger charge is -2.32. The molecular weight excluding hydrogens is 270 g/mol. The Hall–Kier alpha value is -0.730. The second kappa shape index (κ2) is 5.95. The van der Waals surface area contributed by atoms with Crippen molar-refractivity contribution in [1.29, 1.82) is 0 Å². The largest absolute Gasteiger partial charge is 0.493 e. The lowest BCUT2D eigenvalue weighted by Crippen LogP contribution is -2.42. The van der Waals surface area contributed by atoms with Crippen LogP contribution in [0.5, 0.6) is 5.75 Å². The first-order chi connectivity index (χ1) is 9.66. The smallest absolute Gasteiger partial charge is 0.125 e. The molecule has 20 heavy (non-hydrogen) atoms. The number of ether oxygens (including phenoxy) is 1. The lowest BCUT2D eigenvalue weighted by atomic mass is 9.80. The predicted molar refractivity (Wildman–Crippen MR) is 83.6 cm³/mol. The van der Waals surface area contributed by atoms with Crippen LogP contribution in [0, 0.1) is 0 Å². The van der Waals surface area contributed by atoms with Crippen molar-refractivity contribution in [3.05, 3.63) is 28.3 Å². The Morgan fingerprint density at radius 3 is 2.55 bits per heavy atom. The molecule has 3 rings (SSSR count). The Morgan fingerprint density at radius 1 is 1.10 bits per heavy atom. The maximum Gasteiger partial charge on any atom is 0.125 e. The Morgan fingerprint density at radius 2 is 1.80 bits per heavy atom. The topological polar surface area (TPSA) is 35.2 Å². The Balaban J connectivity index is 1.82. The third-order valence-corrected chi connectivity index (χ3v) is 4.94. The Kier molecular flexibility index (Phi) is 4.23.